The van der Waals surface area contributed by atoms with E-state index in [2.05, 4.69) is 86.3 Å². The lowest BCUT2D eigenvalue weighted by molar-refractivity contribution is 0.466. The Morgan fingerprint density at radius 3 is 2.50 bits per heavy atom. The van der Waals surface area contributed by atoms with Gasteiger partial charge in [-0.15, -0.1) is 0 Å². The predicted molar refractivity (Wildman–Crippen MR) is 90.8 cm³/mol. The van der Waals surface area contributed by atoms with Crippen molar-refractivity contribution in [1.29, 1.82) is 0 Å². The summed E-state index contributed by atoms with van der Waals surface area (Å²) >= 11 is 6.95. The summed E-state index contributed by atoms with van der Waals surface area (Å²) in [6.07, 6.45) is 1.82. The van der Waals surface area contributed by atoms with E-state index in [1.165, 1.54) is 5.56 Å². The summed E-state index contributed by atoms with van der Waals surface area (Å²) in [7, 11) is 0. The van der Waals surface area contributed by atoms with Crippen molar-refractivity contribution < 1.29 is 0 Å². The van der Waals surface area contributed by atoms with Gasteiger partial charge >= 0.3 is 0 Å². The highest BCUT2D eigenvalue weighted by molar-refractivity contribution is 9.11. The Morgan fingerprint density at radius 2 is 1.85 bits per heavy atom. The maximum absolute atomic E-state index is 4.41. The summed E-state index contributed by atoms with van der Waals surface area (Å²) in [5.74, 6) is 0. The van der Waals surface area contributed by atoms with Crippen molar-refractivity contribution in [1.82, 2.24) is 10.3 Å². The van der Waals surface area contributed by atoms with Gasteiger partial charge < -0.3 is 5.32 Å². The van der Waals surface area contributed by atoms with Crippen molar-refractivity contribution in [3.8, 4) is 0 Å². The summed E-state index contributed by atoms with van der Waals surface area (Å²) in [4.78, 5) is 4.41. The van der Waals surface area contributed by atoms with Crippen LogP contribution in [0.25, 0.3) is 0 Å². The minimum Gasteiger partial charge on any atom is -0.310 e. The minimum absolute atomic E-state index is 0.100. The SMILES string of the molecule is CC(C)(CNCc1ncc(Br)cc1Br)c1ccccc1. The van der Waals surface area contributed by atoms with Gasteiger partial charge in [0.05, 0.1) is 5.69 Å². The highest BCUT2D eigenvalue weighted by Crippen LogP contribution is 2.23. The van der Waals surface area contributed by atoms with E-state index in [9.17, 15) is 0 Å². The van der Waals surface area contributed by atoms with Crippen molar-refractivity contribution in [2.75, 3.05) is 6.54 Å². The summed E-state index contributed by atoms with van der Waals surface area (Å²) in [6, 6.07) is 12.6. The zero-order valence-electron chi connectivity index (χ0n) is 11.7. The van der Waals surface area contributed by atoms with Gasteiger partial charge in [0, 0.05) is 33.6 Å². The molecule has 0 aliphatic carbocycles. The fourth-order valence-corrected chi connectivity index (χ4v) is 3.19. The summed E-state index contributed by atoms with van der Waals surface area (Å²) in [5, 5.41) is 3.49. The van der Waals surface area contributed by atoms with Crippen molar-refractivity contribution >= 4 is 31.9 Å². The molecular formula is C16H18Br2N2. The number of pyridine rings is 1. The number of nitrogens with one attached hydrogen (secondary N) is 1. The number of aromatic nitrogens is 1. The number of benzene rings is 1. The van der Waals surface area contributed by atoms with Crippen molar-refractivity contribution in [3.63, 3.8) is 0 Å². The van der Waals surface area contributed by atoms with E-state index in [1.54, 1.807) is 0 Å². The minimum atomic E-state index is 0.100. The third kappa shape index (κ3) is 4.14. The van der Waals surface area contributed by atoms with Crippen LogP contribution in [0.4, 0.5) is 0 Å². The number of hydrogen-bond donors (Lipinski definition) is 1. The molecule has 2 nitrogen and oxygen atoms in total. The fourth-order valence-electron chi connectivity index (χ4n) is 2.06. The van der Waals surface area contributed by atoms with Crippen LogP contribution in [0.15, 0.2) is 51.5 Å². The molecule has 2 aromatic rings. The van der Waals surface area contributed by atoms with E-state index < -0.39 is 0 Å². The maximum Gasteiger partial charge on any atom is 0.0684 e. The molecule has 1 heterocycles. The summed E-state index contributed by atoms with van der Waals surface area (Å²) < 4.78 is 2.01. The highest BCUT2D eigenvalue weighted by Gasteiger charge is 2.19. The Bertz CT molecular complexity index is 568. The Labute approximate surface area is 137 Å². The predicted octanol–water partition coefficient (Wildman–Crippen LogP) is 4.67. The van der Waals surface area contributed by atoms with Gasteiger partial charge in [0.15, 0.2) is 0 Å². The van der Waals surface area contributed by atoms with Crippen molar-refractivity contribution in [2.45, 2.75) is 25.8 Å². The molecular weight excluding hydrogens is 380 g/mol. The summed E-state index contributed by atoms with van der Waals surface area (Å²) in [5.41, 5.74) is 2.47. The van der Waals surface area contributed by atoms with Crippen molar-refractivity contribution in [2.24, 2.45) is 0 Å². The molecule has 0 atom stereocenters. The first kappa shape index (κ1) is 15.7. The first-order valence-electron chi connectivity index (χ1n) is 6.55. The van der Waals surface area contributed by atoms with Crippen LogP contribution in [0.1, 0.15) is 25.1 Å². The molecule has 0 amide bonds. The van der Waals surface area contributed by atoms with Crippen LogP contribution in [0.2, 0.25) is 0 Å². The second kappa shape index (κ2) is 6.83. The van der Waals surface area contributed by atoms with E-state index in [4.69, 9.17) is 0 Å². The van der Waals surface area contributed by atoms with Gasteiger partial charge in [0.2, 0.25) is 0 Å². The van der Waals surface area contributed by atoms with Gasteiger partial charge in [-0.25, -0.2) is 0 Å². The Morgan fingerprint density at radius 1 is 1.15 bits per heavy atom. The number of rotatable bonds is 5. The van der Waals surface area contributed by atoms with Gasteiger partial charge in [0.1, 0.15) is 0 Å². The quantitative estimate of drug-likeness (QED) is 0.792. The van der Waals surface area contributed by atoms with E-state index in [0.717, 1.165) is 27.7 Å². The molecule has 0 spiro atoms. The molecule has 1 aromatic heterocycles. The lowest BCUT2D eigenvalue weighted by atomic mass is 9.84. The topological polar surface area (TPSA) is 24.9 Å². The Kier molecular flexibility index (Phi) is 5.35. The van der Waals surface area contributed by atoms with E-state index in [-0.39, 0.29) is 5.41 Å². The van der Waals surface area contributed by atoms with Gasteiger partial charge in [0.25, 0.3) is 0 Å². The largest absolute Gasteiger partial charge is 0.310 e. The van der Waals surface area contributed by atoms with Gasteiger partial charge in [-0.05, 0) is 43.5 Å². The average Bonchev–Trinajstić information content (AvgIpc) is 2.42. The van der Waals surface area contributed by atoms with Gasteiger partial charge in [-0.2, -0.15) is 0 Å². The Hall–Kier alpha value is -0.710. The molecule has 2 rings (SSSR count). The molecule has 106 valence electrons. The molecule has 0 aliphatic rings. The van der Waals surface area contributed by atoms with Crippen LogP contribution < -0.4 is 5.32 Å². The third-order valence-electron chi connectivity index (χ3n) is 3.30. The van der Waals surface area contributed by atoms with E-state index >= 15 is 0 Å². The molecule has 4 heteroatoms. The van der Waals surface area contributed by atoms with E-state index in [1.807, 2.05) is 12.3 Å². The molecule has 0 unspecified atom stereocenters. The number of halogens is 2. The monoisotopic (exact) mass is 396 g/mol. The van der Waals surface area contributed by atoms with E-state index in [0.29, 0.717) is 0 Å². The van der Waals surface area contributed by atoms with Crippen LogP contribution >= 0.6 is 31.9 Å². The van der Waals surface area contributed by atoms with Gasteiger partial charge in [-0.1, -0.05) is 44.2 Å². The molecule has 0 saturated carbocycles. The van der Waals surface area contributed by atoms with Gasteiger partial charge in [-0.3, -0.25) is 4.98 Å². The second-order valence-electron chi connectivity index (χ2n) is 5.44. The molecule has 0 aliphatic heterocycles. The molecule has 0 fully saturated rings. The average molecular weight is 398 g/mol. The Balaban J connectivity index is 1.95. The smallest absolute Gasteiger partial charge is 0.0684 e. The summed E-state index contributed by atoms with van der Waals surface area (Å²) in [6.45, 7) is 6.16. The number of nitrogens with zero attached hydrogens (tertiary/aromatic N) is 1. The first-order valence-corrected chi connectivity index (χ1v) is 8.14. The van der Waals surface area contributed by atoms with Crippen LogP contribution in [0.3, 0.4) is 0 Å². The fraction of sp³-hybridized carbons (Fsp3) is 0.312. The molecule has 0 radical (unpaired) electrons. The highest BCUT2D eigenvalue weighted by atomic mass is 79.9. The zero-order valence-corrected chi connectivity index (χ0v) is 14.8. The molecule has 0 bridgehead atoms. The van der Waals surface area contributed by atoms with Crippen LogP contribution in [0.5, 0.6) is 0 Å². The maximum atomic E-state index is 4.41. The first-order chi connectivity index (χ1) is 9.49. The molecule has 0 saturated heterocycles. The van der Waals surface area contributed by atoms with Crippen LogP contribution in [-0.2, 0) is 12.0 Å². The van der Waals surface area contributed by atoms with Crippen LogP contribution in [0, 0.1) is 0 Å². The molecule has 20 heavy (non-hydrogen) atoms. The lowest BCUT2D eigenvalue weighted by Gasteiger charge is -2.25. The zero-order chi connectivity index (χ0) is 14.6. The number of hydrogen-bond acceptors (Lipinski definition) is 2. The third-order valence-corrected chi connectivity index (χ3v) is 4.42. The van der Waals surface area contributed by atoms with Crippen molar-refractivity contribution in [3.05, 3.63) is 62.8 Å². The standard InChI is InChI=1S/C16H18Br2N2/c1-16(2,12-6-4-3-5-7-12)11-19-10-15-14(18)8-13(17)9-20-15/h3-9,19H,10-11H2,1-2H3. The normalized spacial score (nSPS) is 11.6. The van der Waals surface area contributed by atoms with Crippen LogP contribution in [-0.4, -0.2) is 11.5 Å². The second-order valence-corrected chi connectivity index (χ2v) is 7.21. The lowest BCUT2D eigenvalue weighted by Crippen LogP contribution is -2.32. The molecule has 1 aromatic carbocycles. The molecule has 1 N–H and O–H groups in total.